The molecule has 0 spiro atoms. The quantitative estimate of drug-likeness (QED) is 0.576. The van der Waals surface area contributed by atoms with Crippen molar-refractivity contribution in [1.29, 1.82) is 0 Å². The van der Waals surface area contributed by atoms with Crippen LogP contribution in [0, 0.1) is 0 Å². The molecule has 0 bridgehead atoms. The highest BCUT2D eigenvalue weighted by molar-refractivity contribution is 6.09. The van der Waals surface area contributed by atoms with Gasteiger partial charge in [0.15, 0.2) is 0 Å². The monoisotopic (exact) mass is 389 g/mol. The number of aliphatic carboxylic acids is 1. The van der Waals surface area contributed by atoms with Crippen LogP contribution in [0.2, 0.25) is 0 Å². The van der Waals surface area contributed by atoms with Crippen LogP contribution in [0.1, 0.15) is 26.3 Å². The molecular formula is C22H19N3O4. The molecule has 3 aromatic rings. The molecule has 146 valence electrons. The number of nitrogens with zero attached hydrogens (tertiary/aromatic N) is 1. The maximum atomic E-state index is 12.8. The summed E-state index contributed by atoms with van der Waals surface area (Å²) in [4.78, 5) is 40.7. The van der Waals surface area contributed by atoms with Crippen LogP contribution >= 0.6 is 0 Å². The van der Waals surface area contributed by atoms with E-state index in [2.05, 4.69) is 15.6 Å². The summed E-state index contributed by atoms with van der Waals surface area (Å²) < 4.78 is 0. The predicted octanol–water partition coefficient (Wildman–Crippen LogP) is 2.76. The van der Waals surface area contributed by atoms with E-state index in [9.17, 15) is 19.5 Å². The van der Waals surface area contributed by atoms with E-state index >= 15 is 0 Å². The van der Waals surface area contributed by atoms with Crippen LogP contribution in [0.15, 0.2) is 79.1 Å². The Labute approximate surface area is 167 Å². The van der Waals surface area contributed by atoms with Gasteiger partial charge in [-0.1, -0.05) is 42.5 Å². The Morgan fingerprint density at radius 2 is 1.62 bits per heavy atom. The molecule has 29 heavy (non-hydrogen) atoms. The highest BCUT2D eigenvalue weighted by atomic mass is 16.4. The Morgan fingerprint density at radius 3 is 2.31 bits per heavy atom. The molecule has 3 N–H and O–H groups in total. The molecule has 1 aromatic heterocycles. The number of carboxylic acid groups (broad SMARTS) is 1. The highest BCUT2D eigenvalue weighted by Gasteiger charge is 2.23. The van der Waals surface area contributed by atoms with E-state index < -0.39 is 23.8 Å². The van der Waals surface area contributed by atoms with Crippen molar-refractivity contribution in [2.24, 2.45) is 0 Å². The number of benzene rings is 2. The van der Waals surface area contributed by atoms with Gasteiger partial charge in [-0.2, -0.15) is 0 Å². The number of anilines is 1. The van der Waals surface area contributed by atoms with Crippen molar-refractivity contribution in [2.45, 2.75) is 12.5 Å². The van der Waals surface area contributed by atoms with Gasteiger partial charge in [-0.25, -0.2) is 4.79 Å². The van der Waals surface area contributed by atoms with Crippen LogP contribution in [0.25, 0.3) is 0 Å². The van der Waals surface area contributed by atoms with Crippen LogP contribution < -0.4 is 10.6 Å². The van der Waals surface area contributed by atoms with Crippen molar-refractivity contribution >= 4 is 23.5 Å². The first-order chi connectivity index (χ1) is 14.0. The summed E-state index contributed by atoms with van der Waals surface area (Å²) in [5, 5.41) is 14.7. The largest absolute Gasteiger partial charge is 0.480 e. The maximum absolute atomic E-state index is 12.8. The average molecular weight is 389 g/mol. The lowest BCUT2D eigenvalue weighted by Gasteiger charge is -2.16. The zero-order chi connectivity index (χ0) is 20.6. The van der Waals surface area contributed by atoms with Gasteiger partial charge in [0.25, 0.3) is 11.8 Å². The lowest BCUT2D eigenvalue weighted by molar-refractivity contribution is -0.139. The molecule has 7 nitrogen and oxygen atoms in total. The van der Waals surface area contributed by atoms with Gasteiger partial charge < -0.3 is 15.7 Å². The van der Waals surface area contributed by atoms with Crippen LogP contribution in [0.4, 0.5) is 5.69 Å². The zero-order valence-electron chi connectivity index (χ0n) is 15.4. The molecule has 0 saturated heterocycles. The number of carboxylic acids is 1. The van der Waals surface area contributed by atoms with E-state index in [1.165, 1.54) is 12.3 Å². The second-order valence-electron chi connectivity index (χ2n) is 6.30. The van der Waals surface area contributed by atoms with Gasteiger partial charge in [0.05, 0.1) is 16.8 Å². The smallest absolute Gasteiger partial charge is 0.326 e. The number of pyridine rings is 1. The fourth-order valence-electron chi connectivity index (χ4n) is 2.77. The minimum atomic E-state index is -1.14. The molecule has 1 heterocycles. The summed E-state index contributed by atoms with van der Waals surface area (Å²) in [6.45, 7) is 0. The van der Waals surface area contributed by atoms with Crippen molar-refractivity contribution in [3.8, 4) is 0 Å². The molecule has 7 heteroatoms. The molecule has 3 rings (SSSR count). The standard InChI is InChI=1S/C22H19N3O4/c26-20(16-9-6-12-23-14-16)24-18-11-5-4-10-17(18)21(27)25-19(22(28)29)13-15-7-2-1-3-8-15/h1-12,14,19H,13H2,(H,24,26)(H,25,27)(H,28,29). The first kappa shape index (κ1) is 19.8. The fraction of sp³-hybridized carbons (Fsp3) is 0.0909. The van der Waals surface area contributed by atoms with Crippen molar-refractivity contribution in [3.05, 3.63) is 95.8 Å². The van der Waals surface area contributed by atoms with E-state index in [4.69, 9.17) is 0 Å². The summed E-state index contributed by atoms with van der Waals surface area (Å²) >= 11 is 0. The summed E-state index contributed by atoms with van der Waals surface area (Å²) in [6.07, 6.45) is 3.11. The third kappa shape index (κ3) is 5.26. The average Bonchev–Trinajstić information content (AvgIpc) is 2.75. The second kappa shape index (κ2) is 9.27. The molecular weight excluding hydrogens is 370 g/mol. The van der Waals surface area contributed by atoms with Crippen molar-refractivity contribution in [3.63, 3.8) is 0 Å². The minimum Gasteiger partial charge on any atom is -0.480 e. The molecule has 0 aliphatic carbocycles. The van der Waals surface area contributed by atoms with Gasteiger partial charge in [-0.3, -0.25) is 14.6 Å². The van der Waals surface area contributed by atoms with Crippen LogP contribution in [0.3, 0.4) is 0 Å². The SMILES string of the molecule is O=C(Nc1ccccc1C(=O)NC(Cc1ccccc1)C(=O)O)c1cccnc1. The van der Waals surface area contributed by atoms with Crippen molar-refractivity contribution < 1.29 is 19.5 Å². The number of nitrogens with one attached hydrogen (secondary N) is 2. The Hall–Kier alpha value is -4.00. The predicted molar refractivity (Wildman–Crippen MR) is 108 cm³/mol. The Morgan fingerprint density at radius 1 is 0.897 bits per heavy atom. The van der Waals surface area contributed by atoms with Crippen LogP contribution in [0.5, 0.6) is 0 Å². The molecule has 2 aromatic carbocycles. The maximum Gasteiger partial charge on any atom is 0.326 e. The number of carbonyl (C=O) groups is 3. The number of hydrogen-bond donors (Lipinski definition) is 3. The molecule has 0 saturated carbocycles. The van der Waals surface area contributed by atoms with Gasteiger partial charge in [0, 0.05) is 18.8 Å². The van der Waals surface area contributed by atoms with Gasteiger partial charge in [-0.15, -0.1) is 0 Å². The first-order valence-electron chi connectivity index (χ1n) is 8.92. The molecule has 1 atom stereocenters. The van der Waals surface area contributed by atoms with Crippen LogP contribution in [-0.2, 0) is 11.2 Å². The number of amides is 2. The summed E-state index contributed by atoms with van der Waals surface area (Å²) in [5.41, 5.74) is 1.58. The Balaban J connectivity index is 1.76. The lowest BCUT2D eigenvalue weighted by Crippen LogP contribution is -2.42. The summed E-state index contributed by atoms with van der Waals surface area (Å²) in [6, 6.07) is 17.6. The molecule has 2 amide bonds. The summed E-state index contributed by atoms with van der Waals surface area (Å²) in [7, 11) is 0. The van der Waals surface area contributed by atoms with Gasteiger partial charge in [-0.05, 0) is 29.8 Å². The molecule has 0 fully saturated rings. The van der Waals surface area contributed by atoms with Crippen LogP contribution in [-0.4, -0.2) is 33.9 Å². The summed E-state index contributed by atoms with van der Waals surface area (Å²) in [5.74, 6) is -2.15. The van der Waals surface area contributed by atoms with E-state index in [0.29, 0.717) is 5.56 Å². The van der Waals surface area contributed by atoms with E-state index in [1.807, 2.05) is 6.07 Å². The van der Waals surface area contributed by atoms with Crippen molar-refractivity contribution in [1.82, 2.24) is 10.3 Å². The molecule has 0 aliphatic heterocycles. The lowest BCUT2D eigenvalue weighted by atomic mass is 10.0. The number of carbonyl (C=O) groups excluding carboxylic acids is 2. The number of hydrogen-bond acceptors (Lipinski definition) is 4. The highest BCUT2D eigenvalue weighted by Crippen LogP contribution is 2.17. The first-order valence-corrected chi connectivity index (χ1v) is 8.92. The normalized spacial score (nSPS) is 11.3. The molecule has 0 aliphatic rings. The third-order valence-corrected chi connectivity index (χ3v) is 4.23. The third-order valence-electron chi connectivity index (χ3n) is 4.23. The van der Waals surface area contributed by atoms with Gasteiger partial charge in [0.2, 0.25) is 0 Å². The number of aromatic nitrogens is 1. The Kier molecular flexibility index (Phi) is 6.32. The van der Waals surface area contributed by atoms with Gasteiger partial charge >= 0.3 is 5.97 Å². The van der Waals surface area contributed by atoms with Crippen molar-refractivity contribution in [2.75, 3.05) is 5.32 Å². The topological polar surface area (TPSA) is 108 Å². The molecule has 0 radical (unpaired) electrons. The zero-order valence-corrected chi connectivity index (χ0v) is 15.4. The number of para-hydroxylation sites is 1. The second-order valence-corrected chi connectivity index (χ2v) is 6.30. The van der Waals surface area contributed by atoms with Gasteiger partial charge in [0.1, 0.15) is 6.04 Å². The van der Waals surface area contributed by atoms with E-state index in [0.717, 1.165) is 5.56 Å². The number of rotatable bonds is 7. The Bertz CT molecular complexity index is 1010. The fourth-order valence-corrected chi connectivity index (χ4v) is 2.77. The van der Waals surface area contributed by atoms with E-state index in [1.54, 1.807) is 60.8 Å². The molecule has 1 unspecified atom stereocenters. The minimum absolute atomic E-state index is 0.145. The van der Waals surface area contributed by atoms with E-state index in [-0.39, 0.29) is 17.7 Å².